The molecule has 0 aromatic rings. The average Bonchev–Trinajstić information content (AvgIpc) is 2.31. The van der Waals surface area contributed by atoms with Gasteiger partial charge < -0.3 is 4.74 Å². The minimum atomic E-state index is -0.500. The molecule has 0 bridgehead atoms. The number of hydrogen-bond donors (Lipinski definition) is 0. The lowest BCUT2D eigenvalue weighted by Gasteiger charge is -2.21. The molecule has 100 valence electrons. The van der Waals surface area contributed by atoms with Gasteiger partial charge in [0.1, 0.15) is 0 Å². The second kappa shape index (κ2) is 7.71. The summed E-state index contributed by atoms with van der Waals surface area (Å²) in [6, 6.07) is 0. The summed E-state index contributed by atoms with van der Waals surface area (Å²) in [4.78, 5) is 21.9. The number of carbonyl (C=O) groups is 2. The van der Waals surface area contributed by atoms with Crippen molar-refractivity contribution in [1.82, 2.24) is 0 Å². The fourth-order valence-corrected chi connectivity index (χ4v) is 1.26. The van der Waals surface area contributed by atoms with E-state index in [1.165, 1.54) is 7.11 Å². The van der Waals surface area contributed by atoms with Gasteiger partial charge in [-0.05, 0) is 37.7 Å². The number of carbonyl (C=O) groups excluding carboxylic acids is 2. The summed E-state index contributed by atoms with van der Waals surface area (Å²) >= 11 is 0. The van der Waals surface area contributed by atoms with Gasteiger partial charge in [-0.25, -0.2) is 4.79 Å². The van der Waals surface area contributed by atoms with Gasteiger partial charge in [0, 0.05) is 12.3 Å². The molecule has 0 aromatic carbocycles. The predicted octanol–water partition coefficient (Wildman–Crippen LogP) is 2.89. The molecule has 0 N–H and O–H groups in total. The van der Waals surface area contributed by atoms with Crippen molar-refractivity contribution in [3.63, 3.8) is 0 Å². The average molecular weight is 250 g/mol. The summed E-state index contributed by atoms with van der Waals surface area (Å²) in [5, 5.41) is 0. The zero-order valence-electron chi connectivity index (χ0n) is 11.9. The molecule has 0 atom stereocenters. The van der Waals surface area contributed by atoms with Gasteiger partial charge in [-0.1, -0.05) is 25.8 Å². The van der Waals surface area contributed by atoms with E-state index in [1.807, 2.05) is 13.0 Å². The first-order valence-electron chi connectivity index (χ1n) is 6.03. The topological polar surface area (TPSA) is 43.4 Å². The second-order valence-electron chi connectivity index (χ2n) is 5.11. The number of Topliss-reactive ketones (excluding diaryl/α,β-unsaturated/α-hetero) is 1. The molecule has 0 aromatic heterocycles. The van der Waals surface area contributed by atoms with Crippen LogP contribution in [0.3, 0.4) is 0 Å². The largest absolute Gasteiger partial charge is 0.459 e. The Bertz CT molecular complexity index is 392. The highest BCUT2D eigenvalue weighted by Crippen LogP contribution is 2.27. The lowest BCUT2D eigenvalue weighted by atomic mass is 9.83. The van der Waals surface area contributed by atoms with Crippen molar-refractivity contribution in [3.8, 4) is 11.8 Å². The van der Waals surface area contributed by atoms with Crippen LogP contribution in [-0.4, -0.2) is 18.9 Å². The molecule has 3 heteroatoms. The first kappa shape index (κ1) is 16.4. The first-order chi connectivity index (χ1) is 8.28. The van der Waals surface area contributed by atoms with E-state index in [4.69, 9.17) is 0 Å². The van der Waals surface area contributed by atoms with Gasteiger partial charge in [0.2, 0.25) is 0 Å². The third-order valence-corrected chi connectivity index (χ3v) is 2.82. The van der Waals surface area contributed by atoms with Gasteiger partial charge in [0.05, 0.1) is 7.11 Å². The number of ether oxygens (including phenoxy) is 1. The fourth-order valence-electron chi connectivity index (χ4n) is 1.26. The van der Waals surface area contributed by atoms with Crippen LogP contribution in [0.25, 0.3) is 0 Å². The summed E-state index contributed by atoms with van der Waals surface area (Å²) in [7, 11) is 1.32. The molecule has 0 aliphatic heterocycles. The normalized spacial score (nSPS) is 11.5. The number of ketones is 1. The lowest BCUT2D eigenvalue weighted by Crippen LogP contribution is -2.10. The Labute approximate surface area is 110 Å². The van der Waals surface area contributed by atoms with E-state index in [-0.39, 0.29) is 11.2 Å². The standard InChI is InChI=1S/C15H22O3/c1-12(13(2)16)9-11-15(3,4)10-7-6-8-14(17)18-5/h9H,7,10-11H2,1-5H3/b12-9+. The molecule has 3 nitrogen and oxygen atoms in total. The maximum absolute atomic E-state index is 11.1. The lowest BCUT2D eigenvalue weighted by molar-refractivity contribution is -0.133. The molecular weight excluding hydrogens is 228 g/mol. The van der Waals surface area contributed by atoms with Gasteiger partial charge in [0.25, 0.3) is 0 Å². The number of methoxy groups -OCH3 is 1. The van der Waals surface area contributed by atoms with Crippen LogP contribution in [0.4, 0.5) is 0 Å². The Hall–Kier alpha value is -1.56. The van der Waals surface area contributed by atoms with Crippen LogP contribution in [0.1, 0.15) is 47.0 Å². The van der Waals surface area contributed by atoms with Crippen molar-refractivity contribution in [2.24, 2.45) is 5.41 Å². The fraction of sp³-hybridized carbons (Fsp3) is 0.600. The van der Waals surface area contributed by atoms with Crippen molar-refractivity contribution < 1.29 is 14.3 Å². The third-order valence-electron chi connectivity index (χ3n) is 2.82. The van der Waals surface area contributed by atoms with Crippen molar-refractivity contribution in [1.29, 1.82) is 0 Å². The van der Waals surface area contributed by atoms with E-state index >= 15 is 0 Å². The summed E-state index contributed by atoms with van der Waals surface area (Å²) < 4.78 is 4.43. The molecule has 0 aliphatic rings. The van der Waals surface area contributed by atoms with Crippen LogP contribution in [0.2, 0.25) is 0 Å². The molecule has 0 unspecified atom stereocenters. The van der Waals surface area contributed by atoms with E-state index < -0.39 is 5.97 Å². The SMILES string of the molecule is COC(=O)C#CCCC(C)(C)C/C=C(\C)C(C)=O. The minimum absolute atomic E-state index is 0.0709. The van der Waals surface area contributed by atoms with Crippen molar-refractivity contribution >= 4 is 11.8 Å². The Morgan fingerprint density at radius 3 is 2.39 bits per heavy atom. The molecule has 0 fully saturated rings. The van der Waals surface area contributed by atoms with Gasteiger partial charge in [-0.2, -0.15) is 0 Å². The van der Waals surface area contributed by atoms with Gasteiger partial charge in [-0.15, -0.1) is 0 Å². The number of rotatable bonds is 5. The quantitative estimate of drug-likeness (QED) is 0.326. The van der Waals surface area contributed by atoms with Crippen LogP contribution < -0.4 is 0 Å². The van der Waals surface area contributed by atoms with E-state index in [1.54, 1.807) is 6.92 Å². The van der Waals surface area contributed by atoms with E-state index in [2.05, 4.69) is 30.4 Å². The smallest absolute Gasteiger partial charge is 0.384 e. The van der Waals surface area contributed by atoms with Crippen LogP contribution >= 0.6 is 0 Å². The molecule has 0 radical (unpaired) electrons. The second-order valence-corrected chi connectivity index (χ2v) is 5.11. The van der Waals surface area contributed by atoms with Crippen molar-refractivity contribution in [2.45, 2.75) is 47.0 Å². The van der Waals surface area contributed by atoms with E-state index in [0.29, 0.717) is 6.42 Å². The van der Waals surface area contributed by atoms with Gasteiger partial charge in [-0.3, -0.25) is 4.79 Å². The highest BCUT2D eigenvalue weighted by Gasteiger charge is 2.15. The molecule has 18 heavy (non-hydrogen) atoms. The Morgan fingerprint density at radius 2 is 1.89 bits per heavy atom. The van der Waals surface area contributed by atoms with Crippen LogP contribution in [-0.2, 0) is 14.3 Å². The van der Waals surface area contributed by atoms with Crippen molar-refractivity contribution in [2.75, 3.05) is 7.11 Å². The maximum atomic E-state index is 11.1. The van der Waals surface area contributed by atoms with Crippen LogP contribution in [0.15, 0.2) is 11.6 Å². The zero-order chi connectivity index (χ0) is 14.2. The van der Waals surface area contributed by atoms with Gasteiger partial charge >= 0.3 is 5.97 Å². The molecule has 0 aliphatic carbocycles. The van der Waals surface area contributed by atoms with Crippen LogP contribution in [0, 0.1) is 17.3 Å². The minimum Gasteiger partial charge on any atom is -0.459 e. The van der Waals surface area contributed by atoms with Crippen molar-refractivity contribution in [3.05, 3.63) is 11.6 Å². The Morgan fingerprint density at radius 1 is 1.28 bits per heavy atom. The Balaban J connectivity index is 4.23. The monoisotopic (exact) mass is 250 g/mol. The van der Waals surface area contributed by atoms with E-state index in [0.717, 1.165) is 18.4 Å². The third kappa shape index (κ3) is 7.67. The first-order valence-corrected chi connectivity index (χ1v) is 6.03. The molecule has 0 saturated carbocycles. The highest BCUT2D eigenvalue weighted by atomic mass is 16.5. The number of hydrogen-bond acceptors (Lipinski definition) is 3. The highest BCUT2D eigenvalue weighted by molar-refractivity contribution is 5.92. The zero-order valence-corrected chi connectivity index (χ0v) is 11.9. The molecular formula is C15H22O3. The van der Waals surface area contributed by atoms with Crippen LogP contribution in [0.5, 0.6) is 0 Å². The van der Waals surface area contributed by atoms with Gasteiger partial charge in [0.15, 0.2) is 5.78 Å². The summed E-state index contributed by atoms with van der Waals surface area (Å²) in [6.45, 7) is 7.64. The summed E-state index contributed by atoms with van der Waals surface area (Å²) in [6.07, 6.45) is 4.32. The van der Waals surface area contributed by atoms with E-state index in [9.17, 15) is 9.59 Å². The molecule has 0 saturated heterocycles. The summed E-state index contributed by atoms with van der Waals surface area (Å²) in [5.41, 5.74) is 0.866. The summed E-state index contributed by atoms with van der Waals surface area (Å²) in [5.74, 6) is 4.81. The number of allylic oxidation sites excluding steroid dienone is 2. The molecule has 0 spiro atoms. The predicted molar refractivity (Wildman–Crippen MR) is 71.9 cm³/mol. The number of esters is 1. The molecule has 0 heterocycles. The maximum Gasteiger partial charge on any atom is 0.384 e. The molecule has 0 rings (SSSR count). The molecule has 0 amide bonds. The Kier molecular flexibility index (Phi) is 7.04.